The van der Waals surface area contributed by atoms with Crippen LogP contribution in [0, 0.1) is 11.8 Å². The lowest BCUT2D eigenvalue weighted by Gasteiger charge is -2.18. The molecule has 7 heteroatoms. The number of carbonyl (C=O) groups excluding carboxylic acids is 1. The Morgan fingerprint density at radius 1 is 1.22 bits per heavy atom. The van der Waals surface area contributed by atoms with Crippen molar-refractivity contribution in [1.82, 2.24) is 4.90 Å². The number of carbonyl (C=O) groups is 2. The van der Waals surface area contributed by atoms with Crippen molar-refractivity contribution >= 4 is 11.9 Å². The van der Waals surface area contributed by atoms with E-state index in [1.165, 1.54) is 0 Å². The van der Waals surface area contributed by atoms with Gasteiger partial charge in [0.1, 0.15) is 0 Å². The molecule has 1 amide bonds. The van der Waals surface area contributed by atoms with E-state index in [4.69, 9.17) is 5.11 Å². The van der Waals surface area contributed by atoms with E-state index in [1.807, 2.05) is 6.92 Å². The molecule has 1 aliphatic rings. The van der Waals surface area contributed by atoms with Gasteiger partial charge in [0.05, 0.1) is 11.8 Å². The Bertz CT molecular complexity index is 583. The first-order chi connectivity index (χ1) is 10.7. The average molecular weight is 329 g/mol. The number of aliphatic carboxylic acids is 1. The number of likely N-dealkylation sites (tertiary alicyclic amines) is 1. The predicted molar refractivity (Wildman–Crippen MR) is 77.0 cm³/mol. The van der Waals surface area contributed by atoms with Crippen LogP contribution < -0.4 is 0 Å². The highest BCUT2D eigenvalue weighted by atomic mass is 19.4. The quantitative estimate of drug-likeness (QED) is 0.924. The second-order valence-corrected chi connectivity index (χ2v) is 5.75. The zero-order chi connectivity index (χ0) is 17.2. The number of rotatable bonds is 4. The summed E-state index contributed by atoms with van der Waals surface area (Å²) in [4.78, 5) is 24.3. The first-order valence-corrected chi connectivity index (χ1v) is 7.41. The molecule has 1 aromatic carbocycles. The van der Waals surface area contributed by atoms with Crippen molar-refractivity contribution in [3.05, 3.63) is 35.4 Å². The van der Waals surface area contributed by atoms with Crippen LogP contribution in [-0.2, 0) is 11.2 Å². The van der Waals surface area contributed by atoms with Crippen LogP contribution in [-0.4, -0.2) is 41.1 Å². The molecule has 1 aliphatic heterocycles. The summed E-state index contributed by atoms with van der Waals surface area (Å²) in [5.74, 6) is -5.73. The molecule has 0 saturated carbocycles. The van der Waals surface area contributed by atoms with E-state index < -0.39 is 43.0 Å². The molecule has 4 nitrogen and oxygen atoms in total. The lowest BCUT2D eigenvalue weighted by Crippen LogP contribution is -2.34. The molecule has 0 radical (unpaired) electrons. The first kappa shape index (κ1) is 17.3. The Hall–Kier alpha value is -2.05. The largest absolute Gasteiger partial charge is 0.481 e. The van der Waals surface area contributed by atoms with Crippen LogP contribution in [0.2, 0.25) is 0 Å². The number of benzene rings is 1. The summed E-state index contributed by atoms with van der Waals surface area (Å²) in [6, 6.07) is 6.68. The van der Waals surface area contributed by atoms with Crippen molar-refractivity contribution < 1.29 is 27.9 Å². The molecule has 2 atom stereocenters. The number of hydrogen-bond donors (Lipinski definition) is 1. The molecule has 2 rings (SSSR count). The zero-order valence-electron chi connectivity index (χ0n) is 12.6. The fourth-order valence-electron chi connectivity index (χ4n) is 2.84. The van der Waals surface area contributed by atoms with Crippen LogP contribution in [0.5, 0.6) is 0 Å². The number of aryl methyl sites for hydroxylation is 1. The Kier molecular flexibility index (Phi) is 4.97. The second kappa shape index (κ2) is 6.60. The predicted octanol–water partition coefficient (Wildman–Crippen LogP) is 2.97. The third kappa shape index (κ3) is 3.83. The van der Waals surface area contributed by atoms with E-state index in [0.717, 1.165) is 23.3 Å². The van der Waals surface area contributed by atoms with Crippen molar-refractivity contribution in [2.24, 2.45) is 11.8 Å². The molecule has 0 aromatic heterocycles. The summed E-state index contributed by atoms with van der Waals surface area (Å²) >= 11 is 0. The van der Waals surface area contributed by atoms with Gasteiger partial charge in [0.25, 0.3) is 5.91 Å². The lowest BCUT2D eigenvalue weighted by atomic mass is 9.96. The van der Waals surface area contributed by atoms with E-state index >= 15 is 0 Å². The summed E-state index contributed by atoms with van der Waals surface area (Å²) in [6.07, 6.45) is -2.83. The van der Waals surface area contributed by atoms with Crippen molar-refractivity contribution in [1.29, 1.82) is 0 Å². The molecule has 1 saturated heterocycles. The van der Waals surface area contributed by atoms with Gasteiger partial charge in [0.2, 0.25) is 0 Å². The third-order valence-electron chi connectivity index (χ3n) is 4.08. The molecule has 1 fully saturated rings. The van der Waals surface area contributed by atoms with Crippen molar-refractivity contribution in [3.8, 4) is 0 Å². The minimum absolute atomic E-state index is 0.275. The molecule has 126 valence electrons. The van der Waals surface area contributed by atoms with Gasteiger partial charge in [-0.05, 0) is 24.1 Å². The second-order valence-electron chi connectivity index (χ2n) is 5.75. The summed E-state index contributed by atoms with van der Waals surface area (Å²) in [7, 11) is 0. The molecule has 1 N–H and O–H groups in total. The maximum Gasteiger partial charge on any atom is 0.394 e. The van der Waals surface area contributed by atoms with Crippen LogP contribution in [0.4, 0.5) is 13.2 Å². The Morgan fingerprint density at radius 2 is 1.83 bits per heavy atom. The van der Waals surface area contributed by atoms with Gasteiger partial charge in [-0.1, -0.05) is 25.5 Å². The lowest BCUT2D eigenvalue weighted by molar-refractivity contribution is -0.187. The number of amides is 1. The standard InChI is InChI=1S/C16H18F3NO3/c1-2-3-10-4-6-11(7-5-10)14(21)20-8-12(15(22)23)13(9-20)16(17,18)19/h4-7,12-13H,2-3,8-9H2,1H3,(H,22,23)/t12-,13-/m1/s1. The van der Waals surface area contributed by atoms with Gasteiger partial charge in [-0.25, -0.2) is 0 Å². The monoisotopic (exact) mass is 329 g/mol. The molecular weight excluding hydrogens is 311 g/mol. The summed E-state index contributed by atoms with van der Waals surface area (Å²) in [5, 5.41) is 8.97. The van der Waals surface area contributed by atoms with Gasteiger partial charge in [-0.2, -0.15) is 13.2 Å². The molecule has 0 bridgehead atoms. The number of carboxylic acids is 1. The molecule has 0 aliphatic carbocycles. The first-order valence-electron chi connectivity index (χ1n) is 7.41. The van der Waals surface area contributed by atoms with Crippen LogP contribution in [0.25, 0.3) is 0 Å². The summed E-state index contributed by atoms with van der Waals surface area (Å²) in [6.45, 7) is 0.984. The molecular formula is C16H18F3NO3. The number of hydrogen-bond acceptors (Lipinski definition) is 2. The van der Waals surface area contributed by atoms with Gasteiger partial charge < -0.3 is 10.0 Å². The highest BCUT2D eigenvalue weighted by molar-refractivity contribution is 5.95. The molecule has 23 heavy (non-hydrogen) atoms. The van der Waals surface area contributed by atoms with E-state index in [2.05, 4.69) is 0 Å². The van der Waals surface area contributed by atoms with Crippen LogP contribution >= 0.6 is 0 Å². The Balaban J connectivity index is 2.15. The fraction of sp³-hybridized carbons (Fsp3) is 0.500. The minimum atomic E-state index is -4.64. The number of halogens is 3. The SMILES string of the molecule is CCCc1ccc(C(=O)N2C[C@@H](C(F)(F)F)[C@H](C(=O)O)C2)cc1. The average Bonchev–Trinajstić information content (AvgIpc) is 2.93. The van der Waals surface area contributed by atoms with Crippen molar-refractivity contribution in [3.63, 3.8) is 0 Å². The number of alkyl halides is 3. The molecule has 0 spiro atoms. The van der Waals surface area contributed by atoms with E-state index in [1.54, 1.807) is 24.3 Å². The summed E-state index contributed by atoms with van der Waals surface area (Å²) in [5.41, 5.74) is 1.32. The van der Waals surface area contributed by atoms with E-state index in [0.29, 0.717) is 0 Å². The van der Waals surface area contributed by atoms with Crippen LogP contribution in [0.3, 0.4) is 0 Å². The van der Waals surface area contributed by atoms with Gasteiger partial charge in [-0.3, -0.25) is 9.59 Å². The highest BCUT2D eigenvalue weighted by Crippen LogP contribution is 2.38. The normalized spacial score (nSPS) is 21.5. The number of nitrogens with zero attached hydrogens (tertiary/aromatic N) is 1. The van der Waals surface area contributed by atoms with E-state index in [9.17, 15) is 22.8 Å². The third-order valence-corrected chi connectivity index (χ3v) is 4.08. The Labute approximate surface area is 131 Å². The number of carboxylic acid groups (broad SMARTS) is 1. The molecule has 1 heterocycles. The maximum atomic E-state index is 12.9. The summed E-state index contributed by atoms with van der Waals surface area (Å²) < 4.78 is 38.8. The minimum Gasteiger partial charge on any atom is -0.481 e. The molecule has 1 aromatic rings. The smallest absolute Gasteiger partial charge is 0.394 e. The van der Waals surface area contributed by atoms with Gasteiger partial charge in [0.15, 0.2) is 0 Å². The fourth-order valence-corrected chi connectivity index (χ4v) is 2.84. The van der Waals surface area contributed by atoms with Gasteiger partial charge in [-0.15, -0.1) is 0 Å². The van der Waals surface area contributed by atoms with Gasteiger partial charge >= 0.3 is 12.1 Å². The Morgan fingerprint density at radius 3 is 2.26 bits per heavy atom. The van der Waals surface area contributed by atoms with Crippen LogP contribution in [0.15, 0.2) is 24.3 Å². The van der Waals surface area contributed by atoms with Crippen molar-refractivity contribution in [2.45, 2.75) is 25.9 Å². The maximum absolute atomic E-state index is 12.9. The topological polar surface area (TPSA) is 57.6 Å². The highest BCUT2D eigenvalue weighted by Gasteiger charge is 2.53. The van der Waals surface area contributed by atoms with Crippen LogP contribution in [0.1, 0.15) is 29.3 Å². The van der Waals surface area contributed by atoms with E-state index in [-0.39, 0.29) is 5.56 Å². The van der Waals surface area contributed by atoms with Crippen molar-refractivity contribution in [2.75, 3.05) is 13.1 Å². The van der Waals surface area contributed by atoms with Gasteiger partial charge in [0, 0.05) is 18.7 Å². The molecule has 0 unspecified atom stereocenters. The zero-order valence-corrected chi connectivity index (χ0v) is 12.6.